The average Bonchev–Trinajstić information content (AvgIpc) is 2.68. The number of halogens is 5. The van der Waals surface area contributed by atoms with Gasteiger partial charge < -0.3 is 9.99 Å². The molecule has 0 aliphatic heterocycles. The molecule has 11 heteroatoms. The lowest BCUT2D eigenvalue weighted by atomic mass is 9.55. The van der Waals surface area contributed by atoms with Crippen LogP contribution >= 0.6 is 39.1 Å². The second kappa shape index (κ2) is 9.08. The van der Waals surface area contributed by atoms with E-state index in [1.54, 1.807) is 0 Å². The Morgan fingerprint density at radius 2 is 1.93 bits per heavy atom. The normalized spacial score (nSPS) is 10.7. The van der Waals surface area contributed by atoms with Crippen molar-refractivity contribution in [3.05, 3.63) is 80.5 Å². The van der Waals surface area contributed by atoms with Crippen LogP contribution in [0.15, 0.2) is 53.1 Å². The Morgan fingerprint density at radius 1 is 1.17 bits per heavy atom. The summed E-state index contributed by atoms with van der Waals surface area (Å²) >= 11 is 14.9. The van der Waals surface area contributed by atoms with Crippen LogP contribution in [-0.4, -0.2) is 23.0 Å². The molecular formula is C18H9BBrCl2F2NO4. The minimum atomic E-state index is -1.58. The molecular weight excluding hydrogens is 494 g/mol. The van der Waals surface area contributed by atoms with Crippen molar-refractivity contribution in [3.8, 4) is 5.75 Å². The molecule has 1 N–H and O–H groups in total. The zero-order valence-electron chi connectivity index (χ0n) is 14.2. The summed E-state index contributed by atoms with van der Waals surface area (Å²) in [5.74, 6) is -3.31. The number of hydrogen-bond acceptors (Lipinski definition) is 5. The predicted octanol–water partition coefficient (Wildman–Crippen LogP) is 4.03. The molecule has 0 bridgehead atoms. The van der Waals surface area contributed by atoms with E-state index in [1.165, 1.54) is 42.6 Å². The first-order valence-electron chi connectivity index (χ1n) is 7.89. The third kappa shape index (κ3) is 4.70. The molecule has 148 valence electrons. The van der Waals surface area contributed by atoms with Crippen molar-refractivity contribution in [2.45, 2.75) is 0 Å². The van der Waals surface area contributed by atoms with Gasteiger partial charge in [-0.3, -0.25) is 0 Å². The largest absolute Gasteiger partial charge is 0.505 e. The highest BCUT2D eigenvalue weighted by molar-refractivity contribution is 9.10. The van der Waals surface area contributed by atoms with Crippen molar-refractivity contribution in [1.82, 2.24) is 4.98 Å². The fourth-order valence-corrected chi connectivity index (χ4v) is 3.19. The highest BCUT2D eigenvalue weighted by Gasteiger charge is 2.34. The monoisotopic (exact) mass is 501 g/mol. The van der Waals surface area contributed by atoms with Crippen molar-refractivity contribution in [3.63, 3.8) is 0 Å². The SMILES string of the molecule is O=C(OOB(c1ccc(Cl)cc1F)c1c(Cl)ccc(Br)c1F)c1ncccc1O. The summed E-state index contributed by atoms with van der Waals surface area (Å²) in [5.41, 5.74) is -0.907. The van der Waals surface area contributed by atoms with E-state index in [4.69, 9.17) is 32.9 Å². The molecule has 5 nitrogen and oxygen atoms in total. The Labute approximate surface area is 182 Å². The van der Waals surface area contributed by atoms with E-state index in [0.717, 1.165) is 6.07 Å². The van der Waals surface area contributed by atoms with E-state index in [1.807, 2.05) is 0 Å². The smallest absolute Gasteiger partial charge is 0.429 e. The third-order valence-corrected chi connectivity index (χ3v) is 4.96. The Kier molecular flexibility index (Phi) is 6.74. The topological polar surface area (TPSA) is 68.7 Å². The van der Waals surface area contributed by atoms with Crippen molar-refractivity contribution >= 4 is 62.9 Å². The summed E-state index contributed by atoms with van der Waals surface area (Å²) in [5, 5.41) is 9.70. The summed E-state index contributed by atoms with van der Waals surface area (Å²) in [7, 11) is 0. The van der Waals surface area contributed by atoms with Crippen LogP contribution in [0.3, 0.4) is 0 Å². The molecule has 0 fully saturated rings. The number of hydrogen-bond donors (Lipinski definition) is 1. The lowest BCUT2D eigenvalue weighted by Gasteiger charge is -2.17. The summed E-state index contributed by atoms with van der Waals surface area (Å²) < 4.78 is 29.3. The first kappa shape index (κ1) is 21.5. The minimum Gasteiger partial charge on any atom is -0.505 e. The van der Waals surface area contributed by atoms with Crippen LogP contribution in [0.1, 0.15) is 10.5 Å². The lowest BCUT2D eigenvalue weighted by molar-refractivity contribution is -0.152. The molecule has 0 saturated heterocycles. The summed E-state index contributed by atoms with van der Waals surface area (Å²) in [6.07, 6.45) is 1.25. The maximum atomic E-state index is 14.8. The van der Waals surface area contributed by atoms with Gasteiger partial charge in [0.05, 0.1) is 4.47 Å². The zero-order valence-corrected chi connectivity index (χ0v) is 17.3. The fourth-order valence-electron chi connectivity index (χ4n) is 2.44. The summed E-state index contributed by atoms with van der Waals surface area (Å²) in [6, 6.07) is 8.91. The number of aromatic hydroxyl groups is 1. The van der Waals surface area contributed by atoms with Crippen LogP contribution in [0.5, 0.6) is 5.75 Å². The highest BCUT2D eigenvalue weighted by atomic mass is 79.9. The molecule has 0 atom stereocenters. The molecule has 0 unspecified atom stereocenters. The number of carbonyl (C=O) groups excluding carboxylic acids is 1. The number of rotatable bonds is 5. The molecule has 29 heavy (non-hydrogen) atoms. The van der Waals surface area contributed by atoms with Crippen molar-refractivity contribution in [2.24, 2.45) is 0 Å². The van der Waals surface area contributed by atoms with E-state index >= 15 is 0 Å². The minimum absolute atomic E-state index is 0.0357. The van der Waals surface area contributed by atoms with Gasteiger partial charge in [-0.1, -0.05) is 29.3 Å². The van der Waals surface area contributed by atoms with Gasteiger partial charge in [-0.25, -0.2) is 23.4 Å². The molecule has 0 radical (unpaired) electrons. The van der Waals surface area contributed by atoms with E-state index < -0.39 is 36.0 Å². The van der Waals surface area contributed by atoms with Gasteiger partial charge in [0.2, 0.25) is 0 Å². The molecule has 0 aliphatic carbocycles. The number of pyridine rings is 1. The third-order valence-electron chi connectivity index (χ3n) is 3.79. The quantitative estimate of drug-likeness (QED) is 0.247. The van der Waals surface area contributed by atoms with Crippen molar-refractivity contribution < 1.29 is 28.4 Å². The van der Waals surface area contributed by atoms with Gasteiger partial charge in [0.15, 0.2) is 5.69 Å². The van der Waals surface area contributed by atoms with Gasteiger partial charge in [0, 0.05) is 21.7 Å². The molecule has 0 amide bonds. The van der Waals surface area contributed by atoms with Crippen LogP contribution < -0.4 is 10.9 Å². The van der Waals surface area contributed by atoms with E-state index in [9.17, 15) is 18.7 Å². The predicted molar refractivity (Wildman–Crippen MR) is 108 cm³/mol. The Bertz CT molecular complexity index is 1090. The van der Waals surface area contributed by atoms with Crippen molar-refractivity contribution in [2.75, 3.05) is 0 Å². The average molecular weight is 503 g/mol. The Morgan fingerprint density at radius 3 is 2.62 bits per heavy atom. The van der Waals surface area contributed by atoms with Crippen LogP contribution in [0, 0.1) is 11.6 Å². The first-order valence-corrected chi connectivity index (χ1v) is 9.44. The van der Waals surface area contributed by atoms with Gasteiger partial charge in [-0.15, -0.1) is 0 Å². The number of aromatic nitrogens is 1. The molecule has 0 saturated carbocycles. The van der Waals surface area contributed by atoms with Gasteiger partial charge in [-0.05, 0) is 57.8 Å². The standard InChI is InChI=1S/C18H9BBrCl2F2NO4/c20-11-5-6-12(22)15(16(11)24)19(10-4-3-9(21)8-13(10)23)29-28-18(27)17-14(26)2-1-7-25-17/h1-8,26H. The van der Waals surface area contributed by atoms with Gasteiger partial charge >= 0.3 is 12.9 Å². The van der Waals surface area contributed by atoms with Gasteiger partial charge in [0.1, 0.15) is 17.4 Å². The maximum absolute atomic E-state index is 14.8. The zero-order chi connectivity index (χ0) is 21.1. The summed E-state index contributed by atoms with van der Waals surface area (Å²) in [6.45, 7) is -1.58. The van der Waals surface area contributed by atoms with E-state index in [2.05, 4.69) is 20.9 Å². The van der Waals surface area contributed by atoms with Crippen LogP contribution in [0.25, 0.3) is 0 Å². The Hall–Kier alpha value is -2.20. The second-order valence-electron chi connectivity index (χ2n) is 5.64. The molecule has 0 aliphatic rings. The fraction of sp³-hybridized carbons (Fsp3) is 0. The van der Waals surface area contributed by atoms with E-state index in [0.29, 0.717) is 0 Å². The van der Waals surface area contributed by atoms with Crippen LogP contribution in [0.2, 0.25) is 10.0 Å². The number of nitrogens with zero attached hydrogens (tertiary/aromatic N) is 1. The molecule has 3 rings (SSSR count). The van der Waals surface area contributed by atoms with Crippen molar-refractivity contribution in [1.29, 1.82) is 0 Å². The molecule has 2 aromatic carbocycles. The second-order valence-corrected chi connectivity index (χ2v) is 7.34. The van der Waals surface area contributed by atoms with E-state index in [-0.39, 0.29) is 25.4 Å². The molecule has 0 spiro atoms. The van der Waals surface area contributed by atoms with Crippen LogP contribution in [-0.2, 0) is 9.69 Å². The summed E-state index contributed by atoms with van der Waals surface area (Å²) in [4.78, 5) is 25.7. The molecule has 1 heterocycles. The first-order chi connectivity index (χ1) is 13.8. The highest BCUT2D eigenvalue weighted by Crippen LogP contribution is 2.20. The van der Waals surface area contributed by atoms with Gasteiger partial charge in [-0.2, -0.15) is 0 Å². The lowest BCUT2D eigenvalue weighted by Crippen LogP contribution is -2.49. The number of carbonyl (C=O) groups is 1. The molecule has 1 aromatic heterocycles. The number of benzene rings is 2. The van der Waals surface area contributed by atoms with Gasteiger partial charge in [0.25, 0.3) is 0 Å². The van der Waals surface area contributed by atoms with Crippen LogP contribution in [0.4, 0.5) is 8.78 Å². The molecule has 3 aromatic rings. The Balaban J connectivity index is 2.01. The maximum Gasteiger partial charge on any atom is 0.429 e.